The Balaban J connectivity index is 1.51. The second-order valence-electron chi connectivity index (χ2n) is 7.61. The lowest BCUT2D eigenvalue weighted by molar-refractivity contribution is -0.125. The van der Waals surface area contributed by atoms with Gasteiger partial charge in [0.1, 0.15) is 24.0 Å². The van der Waals surface area contributed by atoms with E-state index in [-0.39, 0.29) is 24.1 Å². The monoisotopic (exact) mass is 423 g/mol. The van der Waals surface area contributed by atoms with Crippen molar-refractivity contribution in [1.29, 1.82) is 0 Å². The average Bonchev–Trinajstić information content (AvgIpc) is 2.78. The van der Waals surface area contributed by atoms with Crippen molar-refractivity contribution in [3.63, 3.8) is 0 Å². The third-order valence-electron chi connectivity index (χ3n) is 5.54. The number of hydrogen-bond donors (Lipinski definition) is 1. The van der Waals surface area contributed by atoms with Gasteiger partial charge in [-0.15, -0.1) is 0 Å². The van der Waals surface area contributed by atoms with Crippen LogP contribution in [0, 0.1) is 11.6 Å². The zero-order chi connectivity index (χ0) is 21.7. The Hall–Kier alpha value is -3.25. The number of hydrogen-bond acceptors (Lipinski definition) is 3. The highest BCUT2D eigenvalue weighted by atomic mass is 19.1. The summed E-state index contributed by atoms with van der Waals surface area (Å²) in [6.07, 6.45) is 0.954. The SMILES string of the molecule is O=C(Nc1cccc(COc2cccc(F)c2)c1)C1(c2cccc(F)c2)CCOCC1. The van der Waals surface area contributed by atoms with Gasteiger partial charge in [-0.25, -0.2) is 8.78 Å². The van der Waals surface area contributed by atoms with E-state index in [4.69, 9.17) is 9.47 Å². The van der Waals surface area contributed by atoms with Gasteiger partial charge in [0, 0.05) is 25.0 Å². The molecule has 1 heterocycles. The molecule has 0 saturated carbocycles. The Morgan fingerprint density at radius 3 is 2.39 bits per heavy atom. The zero-order valence-electron chi connectivity index (χ0n) is 16.9. The van der Waals surface area contributed by atoms with Crippen molar-refractivity contribution in [2.24, 2.45) is 0 Å². The van der Waals surface area contributed by atoms with Crippen molar-refractivity contribution < 1.29 is 23.0 Å². The molecule has 3 aromatic rings. The summed E-state index contributed by atoms with van der Waals surface area (Å²) in [5.74, 6) is -0.489. The molecule has 4 nitrogen and oxygen atoms in total. The molecule has 4 rings (SSSR count). The average molecular weight is 423 g/mol. The van der Waals surface area contributed by atoms with Crippen molar-refractivity contribution in [2.75, 3.05) is 18.5 Å². The van der Waals surface area contributed by atoms with E-state index in [0.29, 0.717) is 43.1 Å². The Bertz CT molecular complexity index is 1060. The summed E-state index contributed by atoms with van der Waals surface area (Å²) in [5, 5.41) is 2.99. The summed E-state index contributed by atoms with van der Waals surface area (Å²) in [4.78, 5) is 13.4. The predicted molar refractivity (Wildman–Crippen MR) is 114 cm³/mol. The van der Waals surface area contributed by atoms with Crippen LogP contribution in [0.4, 0.5) is 14.5 Å². The Morgan fingerprint density at radius 1 is 0.935 bits per heavy atom. The second kappa shape index (κ2) is 9.27. The summed E-state index contributed by atoms with van der Waals surface area (Å²) in [7, 11) is 0. The van der Waals surface area contributed by atoms with E-state index in [1.807, 2.05) is 18.2 Å². The lowest BCUT2D eigenvalue weighted by atomic mass is 9.73. The van der Waals surface area contributed by atoms with Crippen LogP contribution in [0.5, 0.6) is 5.75 Å². The van der Waals surface area contributed by atoms with Gasteiger partial charge in [-0.05, 0) is 60.4 Å². The van der Waals surface area contributed by atoms with E-state index in [2.05, 4.69) is 5.32 Å². The highest BCUT2D eigenvalue weighted by molar-refractivity contribution is 5.99. The fourth-order valence-corrected chi connectivity index (χ4v) is 3.87. The zero-order valence-corrected chi connectivity index (χ0v) is 16.9. The van der Waals surface area contributed by atoms with Gasteiger partial charge in [0.05, 0.1) is 5.41 Å². The molecule has 1 amide bonds. The van der Waals surface area contributed by atoms with Gasteiger partial charge in [0.2, 0.25) is 5.91 Å². The Labute approximate surface area is 179 Å². The Morgan fingerprint density at radius 2 is 1.65 bits per heavy atom. The first-order valence-electron chi connectivity index (χ1n) is 10.2. The van der Waals surface area contributed by atoms with E-state index in [1.165, 1.54) is 24.3 Å². The lowest BCUT2D eigenvalue weighted by Gasteiger charge is -2.36. The minimum absolute atomic E-state index is 0.190. The van der Waals surface area contributed by atoms with Crippen LogP contribution >= 0.6 is 0 Å². The van der Waals surface area contributed by atoms with Gasteiger partial charge >= 0.3 is 0 Å². The minimum Gasteiger partial charge on any atom is -0.489 e. The van der Waals surface area contributed by atoms with Gasteiger partial charge in [0.25, 0.3) is 0 Å². The van der Waals surface area contributed by atoms with Crippen molar-refractivity contribution >= 4 is 11.6 Å². The first-order chi connectivity index (χ1) is 15.0. The number of halogens is 2. The molecule has 0 spiro atoms. The molecule has 0 unspecified atom stereocenters. The standard InChI is InChI=1S/C25H23F2NO3/c26-20-6-2-5-19(15-20)25(10-12-30-13-11-25)24(29)28-22-8-1-4-18(14-22)17-31-23-9-3-7-21(27)16-23/h1-9,14-16H,10-13,17H2,(H,28,29). The van der Waals surface area contributed by atoms with Gasteiger partial charge in [-0.2, -0.15) is 0 Å². The van der Waals surface area contributed by atoms with Crippen LogP contribution in [-0.4, -0.2) is 19.1 Å². The van der Waals surface area contributed by atoms with E-state index < -0.39 is 5.41 Å². The summed E-state index contributed by atoms with van der Waals surface area (Å²) < 4.78 is 38.3. The van der Waals surface area contributed by atoms with E-state index >= 15 is 0 Å². The number of rotatable bonds is 6. The molecule has 0 aromatic heterocycles. The van der Waals surface area contributed by atoms with Crippen LogP contribution in [0.15, 0.2) is 72.8 Å². The maximum absolute atomic E-state index is 13.9. The highest BCUT2D eigenvalue weighted by Crippen LogP contribution is 2.36. The molecule has 0 atom stereocenters. The van der Waals surface area contributed by atoms with E-state index in [0.717, 1.165) is 5.56 Å². The number of benzene rings is 3. The molecule has 0 radical (unpaired) electrons. The van der Waals surface area contributed by atoms with Crippen LogP contribution in [0.3, 0.4) is 0 Å². The molecule has 6 heteroatoms. The van der Waals surface area contributed by atoms with Gasteiger partial charge < -0.3 is 14.8 Å². The van der Waals surface area contributed by atoms with Crippen molar-refractivity contribution in [3.8, 4) is 5.75 Å². The summed E-state index contributed by atoms with van der Waals surface area (Å²) in [6, 6.07) is 19.4. The quantitative estimate of drug-likeness (QED) is 0.591. The van der Waals surface area contributed by atoms with Crippen molar-refractivity contribution in [3.05, 3.63) is 95.6 Å². The van der Waals surface area contributed by atoms with Crippen LogP contribution in [0.2, 0.25) is 0 Å². The third-order valence-corrected chi connectivity index (χ3v) is 5.54. The van der Waals surface area contributed by atoms with Crippen LogP contribution in [0.1, 0.15) is 24.0 Å². The maximum atomic E-state index is 13.9. The van der Waals surface area contributed by atoms with Crippen molar-refractivity contribution in [2.45, 2.75) is 24.9 Å². The molecule has 0 bridgehead atoms. The number of carbonyl (C=O) groups excluding carboxylic acids is 1. The number of carbonyl (C=O) groups is 1. The molecule has 3 aromatic carbocycles. The van der Waals surface area contributed by atoms with Gasteiger partial charge in [-0.3, -0.25) is 4.79 Å². The first-order valence-corrected chi connectivity index (χ1v) is 10.2. The molecule has 1 saturated heterocycles. The van der Waals surface area contributed by atoms with Crippen LogP contribution in [0.25, 0.3) is 0 Å². The molecular weight excluding hydrogens is 400 g/mol. The highest BCUT2D eigenvalue weighted by Gasteiger charge is 2.42. The third kappa shape index (κ3) is 4.91. The second-order valence-corrected chi connectivity index (χ2v) is 7.61. The molecular formula is C25H23F2NO3. The van der Waals surface area contributed by atoms with Gasteiger partial charge in [-0.1, -0.05) is 30.3 Å². The van der Waals surface area contributed by atoms with E-state index in [1.54, 1.807) is 30.3 Å². The maximum Gasteiger partial charge on any atom is 0.235 e. The number of anilines is 1. The number of amides is 1. The summed E-state index contributed by atoms with van der Waals surface area (Å²) in [6.45, 7) is 1.10. The summed E-state index contributed by atoms with van der Waals surface area (Å²) >= 11 is 0. The first kappa shape index (κ1) is 21.0. The molecule has 1 aliphatic rings. The molecule has 1 N–H and O–H groups in total. The topological polar surface area (TPSA) is 47.6 Å². The molecule has 160 valence electrons. The van der Waals surface area contributed by atoms with E-state index in [9.17, 15) is 13.6 Å². The van der Waals surface area contributed by atoms with Gasteiger partial charge in [0.15, 0.2) is 0 Å². The number of ether oxygens (including phenoxy) is 2. The fourth-order valence-electron chi connectivity index (χ4n) is 3.87. The smallest absolute Gasteiger partial charge is 0.235 e. The predicted octanol–water partition coefficient (Wildman–Crippen LogP) is 5.23. The summed E-state index contributed by atoms with van der Waals surface area (Å²) in [5.41, 5.74) is 1.24. The molecule has 1 fully saturated rings. The molecule has 31 heavy (non-hydrogen) atoms. The number of nitrogens with one attached hydrogen (secondary N) is 1. The minimum atomic E-state index is -0.853. The largest absolute Gasteiger partial charge is 0.489 e. The lowest BCUT2D eigenvalue weighted by Crippen LogP contribution is -2.44. The molecule has 0 aliphatic carbocycles. The van der Waals surface area contributed by atoms with Crippen molar-refractivity contribution in [1.82, 2.24) is 0 Å². The fraction of sp³-hybridized carbons (Fsp3) is 0.240. The normalized spacial score (nSPS) is 15.3. The van der Waals surface area contributed by atoms with Crippen LogP contribution in [-0.2, 0) is 21.6 Å². The van der Waals surface area contributed by atoms with Crippen LogP contribution < -0.4 is 10.1 Å². The molecule has 1 aliphatic heterocycles. The Kier molecular flexibility index (Phi) is 6.28.